The standard InChI is InChI=1S/C19H27N5O4S/c1-2-3-18(25)20-19(29)23-8-6-21(7-9-23)15-4-5-16(24(26)27)17(14-15)22-10-12-28-13-11-22/h4-5,14H,2-3,6-13H2,1H3,(H,20,25,29). The smallest absolute Gasteiger partial charge is 0.292 e. The third kappa shape index (κ3) is 5.33. The van der Waals surface area contributed by atoms with E-state index in [4.69, 9.17) is 17.0 Å². The van der Waals surface area contributed by atoms with Crippen LogP contribution in [-0.4, -0.2) is 73.3 Å². The first-order valence-electron chi connectivity index (χ1n) is 9.94. The number of ether oxygens (including phenoxy) is 1. The normalized spacial score (nSPS) is 17.2. The molecule has 0 aliphatic carbocycles. The van der Waals surface area contributed by atoms with Crippen molar-refractivity contribution < 1.29 is 14.5 Å². The number of carbonyl (C=O) groups is 1. The third-order valence-corrected chi connectivity index (χ3v) is 5.52. The molecule has 29 heavy (non-hydrogen) atoms. The molecule has 0 spiro atoms. The van der Waals surface area contributed by atoms with Crippen LogP contribution in [0.1, 0.15) is 19.8 Å². The van der Waals surface area contributed by atoms with Gasteiger partial charge in [-0.05, 0) is 30.8 Å². The molecule has 0 aromatic heterocycles. The minimum atomic E-state index is -0.329. The van der Waals surface area contributed by atoms with Gasteiger partial charge < -0.3 is 24.8 Å². The van der Waals surface area contributed by atoms with Crippen LogP contribution in [0.2, 0.25) is 0 Å². The van der Waals surface area contributed by atoms with Crippen LogP contribution in [0.4, 0.5) is 17.1 Å². The SMILES string of the molecule is CCCC(=O)NC(=S)N1CCN(c2ccc([N+](=O)[O-])c(N3CCOCC3)c2)CC1. The second-order valence-corrected chi connectivity index (χ2v) is 7.49. The molecule has 0 atom stereocenters. The number of rotatable bonds is 5. The molecule has 9 nitrogen and oxygen atoms in total. The van der Waals surface area contributed by atoms with Crippen LogP contribution in [0, 0.1) is 10.1 Å². The number of benzene rings is 1. The Morgan fingerprint density at radius 1 is 1.17 bits per heavy atom. The third-order valence-electron chi connectivity index (χ3n) is 5.16. The molecule has 1 N–H and O–H groups in total. The Morgan fingerprint density at radius 3 is 2.48 bits per heavy atom. The van der Waals surface area contributed by atoms with Gasteiger partial charge in [-0.2, -0.15) is 0 Å². The number of thiocarbonyl (C=S) groups is 1. The van der Waals surface area contributed by atoms with E-state index >= 15 is 0 Å². The van der Waals surface area contributed by atoms with Gasteiger partial charge in [0.15, 0.2) is 5.11 Å². The van der Waals surface area contributed by atoms with E-state index < -0.39 is 0 Å². The highest BCUT2D eigenvalue weighted by Crippen LogP contribution is 2.33. The Balaban J connectivity index is 1.66. The maximum absolute atomic E-state index is 11.8. The summed E-state index contributed by atoms with van der Waals surface area (Å²) in [7, 11) is 0. The number of hydrogen-bond donors (Lipinski definition) is 1. The van der Waals surface area contributed by atoms with E-state index in [1.54, 1.807) is 12.1 Å². The lowest BCUT2D eigenvalue weighted by molar-refractivity contribution is -0.384. The number of nitro groups is 1. The molecule has 2 fully saturated rings. The van der Waals surface area contributed by atoms with Crippen LogP contribution in [0.25, 0.3) is 0 Å². The minimum absolute atomic E-state index is 0.0505. The molecular formula is C19H27N5O4S. The quantitative estimate of drug-likeness (QED) is 0.437. The van der Waals surface area contributed by atoms with Crippen LogP contribution in [-0.2, 0) is 9.53 Å². The molecule has 0 radical (unpaired) electrons. The first-order chi connectivity index (χ1) is 14.0. The van der Waals surface area contributed by atoms with Crippen LogP contribution in [0.3, 0.4) is 0 Å². The number of carbonyl (C=O) groups excluding carboxylic acids is 1. The van der Waals surface area contributed by atoms with E-state index in [-0.39, 0.29) is 16.5 Å². The second-order valence-electron chi connectivity index (χ2n) is 7.11. The average Bonchev–Trinajstić information content (AvgIpc) is 2.74. The molecule has 1 amide bonds. The molecule has 0 saturated carbocycles. The minimum Gasteiger partial charge on any atom is -0.378 e. The topological polar surface area (TPSA) is 91.2 Å². The molecule has 3 rings (SSSR count). The number of nitrogens with one attached hydrogen (secondary N) is 1. The van der Waals surface area contributed by atoms with E-state index in [1.165, 1.54) is 0 Å². The zero-order valence-electron chi connectivity index (χ0n) is 16.6. The molecule has 2 heterocycles. The number of amides is 1. The fourth-order valence-electron chi connectivity index (χ4n) is 3.58. The molecule has 158 valence electrons. The van der Waals surface area contributed by atoms with Crippen molar-refractivity contribution in [3.05, 3.63) is 28.3 Å². The lowest BCUT2D eigenvalue weighted by Crippen LogP contribution is -2.52. The van der Waals surface area contributed by atoms with Crippen LogP contribution in [0.15, 0.2) is 18.2 Å². The van der Waals surface area contributed by atoms with Crippen molar-refractivity contribution in [2.24, 2.45) is 0 Å². The zero-order valence-corrected chi connectivity index (χ0v) is 17.4. The van der Waals surface area contributed by atoms with Crippen molar-refractivity contribution in [1.29, 1.82) is 0 Å². The lowest BCUT2D eigenvalue weighted by Gasteiger charge is -2.37. The zero-order chi connectivity index (χ0) is 20.8. The summed E-state index contributed by atoms with van der Waals surface area (Å²) in [6, 6.07) is 5.29. The molecule has 0 unspecified atom stereocenters. The summed E-state index contributed by atoms with van der Waals surface area (Å²) in [5, 5.41) is 14.7. The van der Waals surface area contributed by atoms with Gasteiger partial charge >= 0.3 is 0 Å². The largest absolute Gasteiger partial charge is 0.378 e. The summed E-state index contributed by atoms with van der Waals surface area (Å²) in [5.74, 6) is -0.0505. The number of hydrogen-bond acceptors (Lipinski definition) is 7. The summed E-state index contributed by atoms with van der Waals surface area (Å²) in [6.45, 7) is 7.21. The van der Waals surface area contributed by atoms with Crippen molar-refractivity contribution in [2.75, 3.05) is 62.3 Å². The molecule has 2 aliphatic rings. The number of anilines is 2. The van der Waals surface area contributed by atoms with Gasteiger partial charge in [-0.15, -0.1) is 0 Å². The highest BCUT2D eigenvalue weighted by molar-refractivity contribution is 7.80. The van der Waals surface area contributed by atoms with Gasteiger partial charge in [0.1, 0.15) is 5.69 Å². The monoisotopic (exact) mass is 421 g/mol. The van der Waals surface area contributed by atoms with Crippen molar-refractivity contribution in [1.82, 2.24) is 10.2 Å². The maximum atomic E-state index is 11.8. The molecule has 2 saturated heterocycles. The van der Waals surface area contributed by atoms with Crippen LogP contribution >= 0.6 is 12.2 Å². The fourth-order valence-corrected chi connectivity index (χ4v) is 3.87. The van der Waals surface area contributed by atoms with Gasteiger partial charge in [0.25, 0.3) is 5.69 Å². The van der Waals surface area contributed by atoms with E-state index in [1.807, 2.05) is 22.8 Å². The van der Waals surface area contributed by atoms with E-state index in [2.05, 4.69) is 10.2 Å². The average molecular weight is 422 g/mol. The van der Waals surface area contributed by atoms with E-state index in [9.17, 15) is 14.9 Å². The number of morpholine rings is 1. The Kier molecular flexibility index (Phi) is 7.21. The van der Waals surface area contributed by atoms with Crippen LogP contribution < -0.4 is 15.1 Å². The van der Waals surface area contributed by atoms with Crippen LogP contribution in [0.5, 0.6) is 0 Å². The van der Waals surface area contributed by atoms with Crippen molar-refractivity contribution in [3.63, 3.8) is 0 Å². The van der Waals surface area contributed by atoms with Gasteiger partial charge in [0.2, 0.25) is 5.91 Å². The summed E-state index contributed by atoms with van der Waals surface area (Å²) < 4.78 is 5.38. The van der Waals surface area contributed by atoms with Crippen molar-refractivity contribution >= 4 is 40.3 Å². The Bertz CT molecular complexity index is 761. The summed E-state index contributed by atoms with van der Waals surface area (Å²) in [5.41, 5.74) is 1.72. The molecule has 1 aromatic carbocycles. The first-order valence-corrected chi connectivity index (χ1v) is 10.3. The summed E-state index contributed by atoms with van der Waals surface area (Å²) in [6.07, 6.45) is 1.25. The first kappa shape index (κ1) is 21.3. The lowest BCUT2D eigenvalue weighted by atomic mass is 10.1. The predicted octanol–water partition coefficient (Wildman–Crippen LogP) is 1.75. The highest BCUT2D eigenvalue weighted by Gasteiger charge is 2.25. The van der Waals surface area contributed by atoms with Crippen molar-refractivity contribution in [3.8, 4) is 0 Å². The molecule has 1 aromatic rings. The molecular weight excluding hydrogens is 394 g/mol. The fraction of sp³-hybridized carbons (Fsp3) is 0.579. The Hall–Kier alpha value is -2.46. The van der Waals surface area contributed by atoms with Gasteiger partial charge in [-0.1, -0.05) is 6.92 Å². The number of piperazine rings is 1. The number of nitrogens with zero attached hydrogens (tertiary/aromatic N) is 4. The Labute approximate surface area is 175 Å². The second kappa shape index (κ2) is 9.84. The Morgan fingerprint density at radius 2 is 1.86 bits per heavy atom. The van der Waals surface area contributed by atoms with E-state index in [0.717, 1.165) is 25.2 Å². The highest BCUT2D eigenvalue weighted by atomic mass is 32.1. The maximum Gasteiger partial charge on any atom is 0.292 e. The molecule has 2 aliphatic heterocycles. The molecule has 10 heteroatoms. The van der Waals surface area contributed by atoms with E-state index in [0.29, 0.717) is 56.6 Å². The summed E-state index contributed by atoms with van der Waals surface area (Å²) in [4.78, 5) is 29.1. The van der Waals surface area contributed by atoms with Gasteiger partial charge in [0, 0.05) is 57.4 Å². The summed E-state index contributed by atoms with van der Waals surface area (Å²) >= 11 is 5.35. The van der Waals surface area contributed by atoms with Gasteiger partial charge in [-0.3, -0.25) is 14.9 Å². The predicted molar refractivity (Wildman–Crippen MR) is 116 cm³/mol. The number of nitro benzene ring substituents is 1. The van der Waals surface area contributed by atoms with Gasteiger partial charge in [0.05, 0.1) is 18.1 Å². The molecule has 0 bridgehead atoms. The van der Waals surface area contributed by atoms with Gasteiger partial charge in [-0.25, -0.2) is 0 Å². The van der Waals surface area contributed by atoms with Crippen molar-refractivity contribution in [2.45, 2.75) is 19.8 Å².